The number of anilines is 3. The van der Waals surface area contributed by atoms with Crippen molar-refractivity contribution in [1.82, 2.24) is 0 Å². The summed E-state index contributed by atoms with van der Waals surface area (Å²) in [5.41, 5.74) is 17.6. The van der Waals surface area contributed by atoms with Crippen molar-refractivity contribution in [2.45, 2.75) is 10.8 Å². The lowest BCUT2D eigenvalue weighted by atomic mass is 9.65. The van der Waals surface area contributed by atoms with Crippen LogP contribution in [-0.4, -0.2) is 0 Å². The van der Waals surface area contributed by atoms with Crippen LogP contribution in [0.2, 0.25) is 0 Å². The Labute approximate surface area is 426 Å². The Morgan fingerprint density at radius 3 is 1.41 bits per heavy atom. The third kappa shape index (κ3) is 5.06. The summed E-state index contributed by atoms with van der Waals surface area (Å²) in [4.78, 5) is 2.44. The van der Waals surface area contributed by atoms with Crippen molar-refractivity contribution in [2.24, 2.45) is 0 Å². The van der Waals surface area contributed by atoms with Crippen LogP contribution in [-0.2, 0) is 10.8 Å². The van der Waals surface area contributed by atoms with Crippen LogP contribution in [0.1, 0.15) is 44.5 Å². The summed E-state index contributed by atoms with van der Waals surface area (Å²) >= 11 is 0. The van der Waals surface area contributed by atoms with Crippen LogP contribution in [0.15, 0.2) is 253 Å². The molecule has 2 aliphatic heterocycles. The summed E-state index contributed by atoms with van der Waals surface area (Å²) in [6.45, 7) is 0. The zero-order valence-electron chi connectivity index (χ0n) is 39.8. The highest BCUT2D eigenvalue weighted by molar-refractivity contribution is 6.13. The molecule has 1 atom stereocenters. The van der Waals surface area contributed by atoms with Gasteiger partial charge in [0.1, 0.15) is 34.2 Å². The van der Waals surface area contributed by atoms with Crippen molar-refractivity contribution in [1.29, 1.82) is 0 Å². The highest BCUT2D eigenvalue weighted by Crippen LogP contribution is 2.65. The molecule has 17 rings (SSSR count). The SMILES string of the molecule is c1ccc2c(c1)Oc1ccc(N(c3ccc4c(c3)C3(c5cc6ccccc6cc5O4)c4ccccc4-c4ccccc43)c3cccc4oc5ccccc5c34)cc1C21c2ccccc2-c2cc3ccccc3cc21. The van der Waals surface area contributed by atoms with Crippen LogP contribution in [0.5, 0.6) is 23.0 Å². The van der Waals surface area contributed by atoms with E-state index in [-0.39, 0.29) is 0 Å². The molecule has 12 aromatic carbocycles. The Morgan fingerprint density at radius 1 is 0.284 bits per heavy atom. The second-order valence-electron chi connectivity index (χ2n) is 20.2. The van der Waals surface area contributed by atoms with Crippen LogP contribution in [0.3, 0.4) is 0 Å². The van der Waals surface area contributed by atoms with Crippen LogP contribution in [0.4, 0.5) is 17.1 Å². The first-order chi connectivity index (χ1) is 36.7. The van der Waals surface area contributed by atoms with Gasteiger partial charge in [0, 0.05) is 39.0 Å². The topological polar surface area (TPSA) is 34.8 Å². The Morgan fingerprint density at radius 2 is 0.743 bits per heavy atom. The molecule has 1 unspecified atom stereocenters. The Kier molecular flexibility index (Phi) is 7.84. The zero-order chi connectivity index (χ0) is 48.3. The minimum Gasteiger partial charge on any atom is -0.457 e. The first-order valence-corrected chi connectivity index (χ1v) is 25.5. The van der Waals surface area contributed by atoms with Crippen molar-refractivity contribution in [2.75, 3.05) is 4.90 Å². The molecule has 2 aliphatic carbocycles. The fourth-order valence-corrected chi connectivity index (χ4v) is 13.8. The summed E-state index contributed by atoms with van der Waals surface area (Å²) in [5, 5.41) is 6.83. The van der Waals surface area contributed by atoms with E-state index in [9.17, 15) is 0 Å². The third-order valence-corrected chi connectivity index (χ3v) is 16.7. The molecule has 13 aromatic rings. The number of furan rings is 1. The maximum atomic E-state index is 7.18. The second kappa shape index (κ2) is 14.5. The number of hydrogen-bond acceptors (Lipinski definition) is 4. The molecule has 0 N–H and O–H groups in total. The van der Waals surface area contributed by atoms with Crippen LogP contribution in [0.25, 0.3) is 65.7 Å². The monoisotopic (exact) mass is 943 g/mol. The van der Waals surface area contributed by atoms with Crippen LogP contribution in [0, 0.1) is 0 Å². The first-order valence-electron chi connectivity index (χ1n) is 25.5. The van der Waals surface area contributed by atoms with E-state index < -0.39 is 10.8 Å². The van der Waals surface area contributed by atoms with Gasteiger partial charge >= 0.3 is 0 Å². The molecular weight excluding hydrogens is 903 g/mol. The average molecular weight is 944 g/mol. The predicted octanol–water partition coefficient (Wildman–Crippen LogP) is 18.3. The first kappa shape index (κ1) is 40.0. The third-order valence-electron chi connectivity index (χ3n) is 16.7. The normalized spacial score (nSPS) is 15.7. The van der Waals surface area contributed by atoms with Gasteiger partial charge in [0.25, 0.3) is 0 Å². The van der Waals surface area contributed by atoms with Crippen LogP contribution < -0.4 is 14.4 Å². The molecule has 4 nitrogen and oxygen atoms in total. The predicted molar refractivity (Wildman–Crippen MR) is 298 cm³/mol. The van der Waals surface area contributed by atoms with Crippen molar-refractivity contribution in [3.05, 3.63) is 293 Å². The van der Waals surface area contributed by atoms with E-state index in [1.807, 2.05) is 6.07 Å². The number of benzene rings is 12. The van der Waals surface area contributed by atoms with Crippen molar-refractivity contribution in [3.63, 3.8) is 0 Å². The summed E-state index contributed by atoms with van der Waals surface area (Å²) in [7, 11) is 0. The Hall–Kier alpha value is -9.64. The highest BCUT2D eigenvalue weighted by Gasteiger charge is 2.53. The van der Waals surface area contributed by atoms with E-state index in [0.29, 0.717) is 0 Å². The number of fused-ring (bicyclic) bond motifs is 23. The molecule has 4 aliphatic rings. The van der Waals surface area contributed by atoms with Crippen molar-refractivity contribution >= 4 is 60.5 Å². The molecule has 74 heavy (non-hydrogen) atoms. The maximum Gasteiger partial charge on any atom is 0.137 e. The molecular formula is C70H41NO3. The molecule has 1 aromatic heterocycles. The average Bonchev–Trinajstić information content (AvgIpc) is 4.09. The molecule has 344 valence electrons. The van der Waals surface area contributed by atoms with Gasteiger partial charge in [-0.3, -0.25) is 0 Å². The molecule has 0 saturated carbocycles. The number of ether oxygens (including phenoxy) is 2. The van der Waals surface area contributed by atoms with Crippen molar-refractivity contribution < 1.29 is 13.9 Å². The lowest BCUT2D eigenvalue weighted by molar-refractivity contribution is 0.436. The van der Waals surface area contributed by atoms with E-state index >= 15 is 0 Å². The van der Waals surface area contributed by atoms with Gasteiger partial charge in [0.05, 0.1) is 21.9 Å². The van der Waals surface area contributed by atoms with Gasteiger partial charge in [-0.25, -0.2) is 0 Å². The minimum atomic E-state index is -0.701. The molecule has 4 heteroatoms. The van der Waals surface area contributed by atoms with Gasteiger partial charge in [-0.1, -0.05) is 164 Å². The summed E-state index contributed by atoms with van der Waals surface area (Å²) in [6.07, 6.45) is 0. The quantitative estimate of drug-likeness (QED) is 0.177. The number of hydrogen-bond donors (Lipinski definition) is 0. The smallest absolute Gasteiger partial charge is 0.137 e. The van der Waals surface area contributed by atoms with Gasteiger partial charge in [-0.15, -0.1) is 0 Å². The highest BCUT2D eigenvalue weighted by atomic mass is 16.5. The Balaban J connectivity index is 0.974. The minimum absolute atomic E-state index is 0.701. The zero-order valence-corrected chi connectivity index (χ0v) is 39.8. The fraction of sp³-hybridized carbons (Fsp3) is 0.0286. The number of nitrogens with zero attached hydrogens (tertiary/aromatic N) is 1. The molecule has 0 fully saturated rings. The van der Waals surface area contributed by atoms with E-state index in [1.54, 1.807) is 0 Å². The largest absolute Gasteiger partial charge is 0.457 e. The molecule has 2 spiro atoms. The van der Waals surface area contributed by atoms with Gasteiger partial charge < -0.3 is 18.8 Å². The van der Waals surface area contributed by atoms with Crippen molar-refractivity contribution in [3.8, 4) is 45.3 Å². The van der Waals surface area contributed by atoms with E-state index in [4.69, 9.17) is 13.9 Å². The fourth-order valence-electron chi connectivity index (χ4n) is 13.8. The summed E-state index contributed by atoms with van der Waals surface area (Å²) < 4.78 is 20.9. The van der Waals surface area contributed by atoms with Gasteiger partial charge in [-0.05, 0) is 151 Å². The molecule has 0 amide bonds. The number of rotatable bonds is 3. The van der Waals surface area contributed by atoms with E-state index in [2.05, 4.69) is 248 Å². The van der Waals surface area contributed by atoms with Crippen LogP contribution >= 0.6 is 0 Å². The molecule has 0 bridgehead atoms. The standard InChI is InChI=1S/C70H41NO3/c1-2-17-43-37-57-52(36-42(43)16-1)50-22-7-11-26-55(50)70(57)56-27-12-14-30-63(56)73-64-34-32-47(41-60(64)70)71(61-28-15-31-66-68(61)51-23-8-13-29-62(51)72-66)46-33-35-65-59(40-46)69(58-38-44-18-3-4-19-45(44)39-67(58)74-65)53-24-9-5-20-48(53)49-21-6-10-25-54(49)69/h1-41H. The lowest BCUT2D eigenvalue weighted by Crippen LogP contribution is -2.33. The molecule has 0 radical (unpaired) electrons. The van der Waals surface area contributed by atoms with E-state index in [0.717, 1.165) is 89.6 Å². The second-order valence-corrected chi connectivity index (χ2v) is 20.2. The van der Waals surface area contributed by atoms with Gasteiger partial charge in [0.15, 0.2) is 0 Å². The summed E-state index contributed by atoms with van der Waals surface area (Å²) in [5.74, 6) is 3.39. The Bertz CT molecular complexity index is 4540. The molecule has 3 heterocycles. The lowest BCUT2D eigenvalue weighted by Gasteiger charge is -2.41. The van der Waals surface area contributed by atoms with Gasteiger partial charge in [-0.2, -0.15) is 0 Å². The molecule has 0 saturated heterocycles. The number of para-hydroxylation sites is 2. The summed E-state index contributed by atoms with van der Waals surface area (Å²) in [6, 6.07) is 90.8. The maximum absolute atomic E-state index is 7.18. The van der Waals surface area contributed by atoms with Gasteiger partial charge in [0.2, 0.25) is 0 Å². The van der Waals surface area contributed by atoms with E-state index in [1.165, 1.54) is 60.7 Å².